The number of rotatable bonds is 1. The van der Waals surface area contributed by atoms with Crippen LogP contribution >= 0.6 is 16.1 Å². The number of nitrogens with zero attached hydrogens (tertiary/aromatic N) is 3. The Bertz CT molecular complexity index is 350. The highest BCUT2D eigenvalue weighted by molar-refractivity contribution is 9.10. The summed E-state index contributed by atoms with van der Waals surface area (Å²) >= 11 is 3.32. The molecule has 0 spiro atoms. The summed E-state index contributed by atoms with van der Waals surface area (Å²) in [7, 11) is -1.33. The van der Waals surface area contributed by atoms with Crippen LogP contribution in [0.1, 0.15) is 0 Å². The van der Waals surface area contributed by atoms with Gasteiger partial charge in [-0.3, -0.25) is 4.98 Å². The van der Waals surface area contributed by atoms with Crippen LogP contribution in [-0.2, 0) is 0 Å². The Morgan fingerprint density at radius 1 is 1.36 bits per heavy atom. The molecule has 0 fully saturated rings. The Morgan fingerprint density at radius 2 is 2.07 bits per heavy atom. The molecule has 0 amide bonds. The van der Waals surface area contributed by atoms with Gasteiger partial charge in [0.25, 0.3) is 0 Å². The quantitative estimate of drug-likeness (QED) is 0.340. The van der Waals surface area contributed by atoms with Crippen LogP contribution in [0.5, 0.6) is 0 Å². The van der Waals surface area contributed by atoms with Crippen molar-refractivity contribution >= 4 is 30.0 Å². The average Bonchev–Trinajstić information content (AvgIpc) is 2.14. The third-order valence-corrected chi connectivity index (χ3v) is 2.68. The molecule has 0 saturated heterocycles. The second kappa shape index (κ2) is 4.58. The van der Waals surface area contributed by atoms with Crippen molar-refractivity contribution in [2.45, 2.75) is 19.6 Å². The Labute approximate surface area is 93.9 Å². The summed E-state index contributed by atoms with van der Waals surface area (Å²) < 4.78 is 1.62. The van der Waals surface area contributed by atoms with Gasteiger partial charge < -0.3 is 0 Å². The minimum atomic E-state index is -1.33. The summed E-state index contributed by atoms with van der Waals surface area (Å²) in [5.74, 6) is 0.707. The van der Waals surface area contributed by atoms with E-state index in [2.05, 4.69) is 57.3 Å². The predicted molar refractivity (Wildman–Crippen MR) is 64.6 cm³/mol. The van der Waals surface area contributed by atoms with Gasteiger partial charge in [0.1, 0.15) is 8.07 Å². The standard InChI is InChI=1S/C9H12BrN3Si/c1-14(2,3)7-6-13(10)9-8-11-4-5-12-9/h4-5,8H,1-3H3. The van der Waals surface area contributed by atoms with E-state index in [9.17, 15) is 0 Å². The van der Waals surface area contributed by atoms with E-state index in [4.69, 9.17) is 0 Å². The van der Waals surface area contributed by atoms with Crippen molar-refractivity contribution in [3.8, 4) is 11.6 Å². The molecular weight excluding hydrogens is 258 g/mol. The van der Waals surface area contributed by atoms with Crippen molar-refractivity contribution in [2.24, 2.45) is 0 Å². The van der Waals surface area contributed by atoms with Crippen LogP contribution in [0.15, 0.2) is 18.6 Å². The zero-order chi connectivity index (χ0) is 10.6. The van der Waals surface area contributed by atoms with E-state index < -0.39 is 8.07 Å². The third kappa shape index (κ3) is 3.90. The van der Waals surface area contributed by atoms with E-state index in [0.717, 1.165) is 0 Å². The molecule has 5 heteroatoms. The topological polar surface area (TPSA) is 29.0 Å². The number of halogens is 1. The number of hydrogen-bond acceptors (Lipinski definition) is 3. The summed E-state index contributed by atoms with van der Waals surface area (Å²) in [4.78, 5) is 8.07. The van der Waals surface area contributed by atoms with Gasteiger partial charge in [0.05, 0.1) is 22.3 Å². The fraction of sp³-hybridized carbons (Fsp3) is 0.333. The minimum absolute atomic E-state index is 0.707. The van der Waals surface area contributed by atoms with Crippen LogP contribution in [-0.4, -0.2) is 18.0 Å². The van der Waals surface area contributed by atoms with Crippen molar-refractivity contribution in [3.63, 3.8) is 0 Å². The second-order valence-electron chi connectivity index (χ2n) is 3.83. The zero-order valence-electron chi connectivity index (χ0n) is 8.45. The Kier molecular flexibility index (Phi) is 3.67. The molecule has 14 heavy (non-hydrogen) atoms. The zero-order valence-corrected chi connectivity index (χ0v) is 11.0. The van der Waals surface area contributed by atoms with Gasteiger partial charge in [-0.1, -0.05) is 19.6 Å². The van der Waals surface area contributed by atoms with E-state index in [1.165, 1.54) is 0 Å². The van der Waals surface area contributed by atoms with Gasteiger partial charge >= 0.3 is 0 Å². The lowest BCUT2D eigenvalue weighted by Crippen LogP contribution is -2.18. The summed E-state index contributed by atoms with van der Waals surface area (Å²) in [5, 5.41) is 0. The molecule has 0 unspecified atom stereocenters. The van der Waals surface area contributed by atoms with Crippen LogP contribution in [0, 0.1) is 11.6 Å². The molecule has 0 aliphatic heterocycles. The fourth-order valence-electron chi connectivity index (χ4n) is 0.667. The molecule has 0 atom stereocenters. The summed E-state index contributed by atoms with van der Waals surface area (Å²) in [6.07, 6.45) is 4.93. The van der Waals surface area contributed by atoms with Gasteiger partial charge in [0, 0.05) is 18.4 Å². The molecule has 1 heterocycles. The highest BCUT2D eigenvalue weighted by Gasteiger charge is 2.08. The Morgan fingerprint density at radius 3 is 2.57 bits per heavy atom. The molecule has 1 rings (SSSR count). The van der Waals surface area contributed by atoms with Crippen molar-refractivity contribution in [3.05, 3.63) is 18.6 Å². The first-order chi connectivity index (χ1) is 6.49. The molecule has 3 nitrogen and oxygen atoms in total. The highest BCUT2D eigenvalue weighted by atomic mass is 79.9. The first-order valence-electron chi connectivity index (χ1n) is 4.24. The van der Waals surface area contributed by atoms with Crippen molar-refractivity contribution in [1.29, 1.82) is 0 Å². The van der Waals surface area contributed by atoms with Gasteiger partial charge in [-0.2, -0.15) is 0 Å². The van der Waals surface area contributed by atoms with Gasteiger partial charge in [0.15, 0.2) is 5.82 Å². The maximum atomic E-state index is 4.11. The summed E-state index contributed by atoms with van der Waals surface area (Å²) in [6, 6.07) is 3.00. The first-order valence-corrected chi connectivity index (χ1v) is 8.45. The van der Waals surface area contributed by atoms with Crippen molar-refractivity contribution < 1.29 is 0 Å². The number of hydrogen-bond donors (Lipinski definition) is 0. The Hall–Kier alpha value is -0.863. The molecule has 0 aliphatic rings. The fourth-order valence-corrected chi connectivity index (χ4v) is 1.55. The van der Waals surface area contributed by atoms with Crippen molar-refractivity contribution in [2.75, 3.05) is 3.93 Å². The van der Waals surface area contributed by atoms with Gasteiger partial charge in [-0.15, -0.1) is 5.54 Å². The summed E-state index contributed by atoms with van der Waals surface area (Å²) in [5.41, 5.74) is 3.22. The molecule has 0 radical (unpaired) electrons. The van der Waals surface area contributed by atoms with Crippen LogP contribution in [0.25, 0.3) is 0 Å². The van der Waals surface area contributed by atoms with Gasteiger partial charge in [-0.25, -0.2) is 8.91 Å². The molecule has 0 N–H and O–H groups in total. The minimum Gasteiger partial charge on any atom is -0.259 e. The SMILES string of the molecule is C[Si](C)(C)C#CN(Br)c1cnccn1. The molecule has 0 saturated carbocycles. The van der Waals surface area contributed by atoms with E-state index >= 15 is 0 Å². The lowest BCUT2D eigenvalue weighted by molar-refractivity contribution is 1.18. The number of anilines is 1. The number of aromatic nitrogens is 2. The van der Waals surface area contributed by atoms with E-state index in [0.29, 0.717) is 5.82 Å². The molecule has 0 aliphatic carbocycles. The van der Waals surface area contributed by atoms with Crippen LogP contribution < -0.4 is 3.93 Å². The maximum Gasteiger partial charge on any atom is 0.169 e. The third-order valence-electron chi connectivity index (χ3n) is 1.28. The Balaban J connectivity index is 2.76. The van der Waals surface area contributed by atoms with E-state index in [1.54, 1.807) is 22.5 Å². The lowest BCUT2D eigenvalue weighted by atomic mass is 10.7. The molecule has 0 bridgehead atoms. The first kappa shape index (κ1) is 11.2. The molecular formula is C9H12BrN3Si. The van der Waals surface area contributed by atoms with Crippen LogP contribution in [0.3, 0.4) is 0 Å². The largest absolute Gasteiger partial charge is 0.259 e. The smallest absolute Gasteiger partial charge is 0.169 e. The molecule has 1 aromatic heterocycles. The van der Waals surface area contributed by atoms with Crippen LogP contribution in [0.4, 0.5) is 5.82 Å². The highest BCUT2D eigenvalue weighted by Crippen LogP contribution is 2.10. The van der Waals surface area contributed by atoms with Gasteiger partial charge in [-0.05, 0) is 0 Å². The molecule has 74 valence electrons. The van der Waals surface area contributed by atoms with Crippen molar-refractivity contribution in [1.82, 2.24) is 9.97 Å². The van der Waals surface area contributed by atoms with Gasteiger partial charge in [0.2, 0.25) is 0 Å². The maximum absolute atomic E-state index is 4.11. The second-order valence-corrected chi connectivity index (χ2v) is 9.29. The lowest BCUT2D eigenvalue weighted by Gasteiger charge is -2.08. The summed E-state index contributed by atoms with van der Waals surface area (Å²) in [6.45, 7) is 6.58. The monoisotopic (exact) mass is 269 g/mol. The average molecular weight is 270 g/mol. The molecule has 0 aromatic carbocycles. The van der Waals surface area contributed by atoms with Crippen LogP contribution in [0.2, 0.25) is 19.6 Å². The molecule has 1 aromatic rings. The predicted octanol–water partition coefficient (Wildman–Crippen LogP) is 2.43. The van der Waals surface area contributed by atoms with E-state index in [1.807, 2.05) is 0 Å². The normalized spacial score (nSPS) is 10.3. The van der Waals surface area contributed by atoms with E-state index in [-0.39, 0.29) is 0 Å².